The summed E-state index contributed by atoms with van der Waals surface area (Å²) in [6.07, 6.45) is 2.17. The molecule has 2 aromatic rings. The second-order valence-electron chi connectivity index (χ2n) is 3.77. The Morgan fingerprint density at radius 2 is 2.00 bits per heavy atom. The van der Waals surface area contributed by atoms with E-state index in [1.165, 1.54) is 6.20 Å². The highest BCUT2D eigenvalue weighted by atomic mass is 19.1. The predicted molar refractivity (Wildman–Crippen MR) is 64.3 cm³/mol. The minimum absolute atomic E-state index is 0.273. The van der Waals surface area contributed by atoms with Crippen LogP contribution in [0.3, 0.4) is 0 Å². The summed E-state index contributed by atoms with van der Waals surface area (Å²) in [7, 11) is 0. The van der Waals surface area contributed by atoms with Crippen molar-refractivity contribution in [2.75, 3.05) is 0 Å². The average molecular weight is 296 g/mol. The minimum Gasteiger partial charge on any atom is -0.477 e. The number of aromatic nitrogens is 1. The summed E-state index contributed by atoms with van der Waals surface area (Å²) in [5.74, 6) is -4.82. The van der Waals surface area contributed by atoms with E-state index in [2.05, 4.69) is 4.98 Å². The Bertz CT molecular complexity index is 736. The van der Waals surface area contributed by atoms with Gasteiger partial charge in [-0.3, -0.25) is 15.1 Å². The van der Waals surface area contributed by atoms with E-state index in [0.29, 0.717) is 12.1 Å². The number of carboxylic acid groups (broad SMARTS) is 1. The number of hydrogen-bond acceptors (Lipinski definition) is 5. The van der Waals surface area contributed by atoms with Crippen molar-refractivity contribution < 1.29 is 28.3 Å². The van der Waals surface area contributed by atoms with Gasteiger partial charge in [0.15, 0.2) is 11.6 Å². The molecule has 108 valence electrons. The maximum Gasteiger partial charge on any atom is 0.341 e. The molecule has 0 spiro atoms. The first kappa shape index (κ1) is 14.3. The number of pyridine rings is 1. The quantitative estimate of drug-likeness (QED) is 0.687. The highest BCUT2D eigenvalue weighted by Gasteiger charge is 2.21. The average Bonchev–Trinajstić information content (AvgIpc) is 2.42. The number of benzene rings is 1. The van der Waals surface area contributed by atoms with E-state index in [4.69, 9.17) is 9.84 Å². The Morgan fingerprint density at radius 1 is 1.29 bits per heavy atom. The molecule has 0 amide bonds. The van der Waals surface area contributed by atoms with Crippen LogP contribution in [0.5, 0.6) is 11.5 Å². The van der Waals surface area contributed by atoms with Crippen LogP contribution in [-0.4, -0.2) is 21.0 Å². The standard InChI is InChI=1S/C12H6F2N2O5/c13-7-4-11(8(14)3-9(7)16(19)20)21-10-1-2-15-5-6(10)12(17)18/h1-5H,(H,17,18). The van der Waals surface area contributed by atoms with Crippen LogP contribution in [0.1, 0.15) is 10.4 Å². The molecule has 2 rings (SSSR count). The van der Waals surface area contributed by atoms with Crippen molar-refractivity contribution in [1.82, 2.24) is 4.98 Å². The van der Waals surface area contributed by atoms with Crippen LogP contribution < -0.4 is 4.74 Å². The number of nitrogens with zero attached hydrogens (tertiary/aromatic N) is 2. The molecule has 1 N–H and O–H groups in total. The fourth-order valence-corrected chi connectivity index (χ4v) is 1.49. The molecule has 0 saturated heterocycles. The SMILES string of the molecule is O=C(O)c1cnccc1Oc1cc(F)c([N+](=O)[O-])cc1F. The van der Waals surface area contributed by atoms with E-state index in [0.717, 1.165) is 12.3 Å². The molecule has 0 aliphatic carbocycles. The number of hydrogen-bond donors (Lipinski definition) is 1. The monoisotopic (exact) mass is 296 g/mol. The number of rotatable bonds is 4. The van der Waals surface area contributed by atoms with E-state index in [1.807, 2.05) is 0 Å². The van der Waals surface area contributed by atoms with Crippen molar-refractivity contribution in [1.29, 1.82) is 0 Å². The van der Waals surface area contributed by atoms with Crippen molar-refractivity contribution in [2.24, 2.45) is 0 Å². The van der Waals surface area contributed by atoms with Gasteiger partial charge in [0, 0.05) is 24.5 Å². The fourth-order valence-electron chi connectivity index (χ4n) is 1.49. The topological polar surface area (TPSA) is 103 Å². The zero-order chi connectivity index (χ0) is 15.6. The normalized spacial score (nSPS) is 10.2. The molecular formula is C12H6F2N2O5. The van der Waals surface area contributed by atoms with Crippen molar-refractivity contribution in [2.45, 2.75) is 0 Å². The fraction of sp³-hybridized carbons (Fsp3) is 0. The van der Waals surface area contributed by atoms with E-state index in [1.54, 1.807) is 0 Å². The third kappa shape index (κ3) is 2.91. The maximum absolute atomic E-state index is 13.6. The largest absolute Gasteiger partial charge is 0.477 e. The highest BCUT2D eigenvalue weighted by Crippen LogP contribution is 2.31. The molecule has 0 unspecified atom stereocenters. The summed E-state index contributed by atoms with van der Waals surface area (Å²) in [6.45, 7) is 0. The van der Waals surface area contributed by atoms with Crippen molar-refractivity contribution in [3.05, 3.63) is 57.9 Å². The third-order valence-corrected chi connectivity index (χ3v) is 2.43. The molecule has 0 atom stereocenters. The smallest absolute Gasteiger partial charge is 0.341 e. The van der Waals surface area contributed by atoms with E-state index in [-0.39, 0.29) is 11.3 Å². The maximum atomic E-state index is 13.6. The lowest BCUT2D eigenvalue weighted by Crippen LogP contribution is -2.02. The molecule has 9 heteroatoms. The first-order chi connectivity index (χ1) is 9.90. The summed E-state index contributed by atoms with van der Waals surface area (Å²) < 4.78 is 32.0. The Hall–Kier alpha value is -3.10. The summed E-state index contributed by atoms with van der Waals surface area (Å²) in [5, 5.41) is 19.4. The second-order valence-corrected chi connectivity index (χ2v) is 3.77. The summed E-state index contributed by atoms with van der Waals surface area (Å²) in [5.41, 5.74) is -1.41. The zero-order valence-electron chi connectivity index (χ0n) is 10.1. The first-order valence-electron chi connectivity index (χ1n) is 5.38. The second kappa shape index (κ2) is 5.49. The van der Waals surface area contributed by atoms with E-state index < -0.39 is 34.0 Å². The van der Waals surface area contributed by atoms with Gasteiger partial charge in [0.05, 0.1) is 11.0 Å². The van der Waals surface area contributed by atoms with Gasteiger partial charge in [-0.1, -0.05) is 0 Å². The lowest BCUT2D eigenvalue weighted by Gasteiger charge is -2.09. The van der Waals surface area contributed by atoms with Crippen LogP contribution in [-0.2, 0) is 0 Å². The molecule has 0 saturated carbocycles. The molecular weight excluding hydrogens is 290 g/mol. The van der Waals surface area contributed by atoms with Gasteiger partial charge >= 0.3 is 11.7 Å². The number of nitro groups is 1. The summed E-state index contributed by atoms with van der Waals surface area (Å²) in [4.78, 5) is 23.9. The molecule has 1 aromatic carbocycles. The Labute approximate surface area is 115 Å². The molecule has 0 fully saturated rings. The van der Waals surface area contributed by atoms with Crippen LogP contribution in [0.2, 0.25) is 0 Å². The number of nitro benzene ring substituents is 1. The van der Waals surface area contributed by atoms with E-state index in [9.17, 15) is 23.7 Å². The molecule has 1 aromatic heterocycles. The van der Waals surface area contributed by atoms with Crippen LogP contribution in [0.25, 0.3) is 0 Å². The van der Waals surface area contributed by atoms with Gasteiger partial charge in [0.25, 0.3) is 0 Å². The van der Waals surface area contributed by atoms with Gasteiger partial charge in [-0.25, -0.2) is 9.18 Å². The summed E-state index contributed by atoms with van der Waals surface area (Å²) >= 11 is 0. The molecule has 1 heterocycles. The van der Waals surface area contributed by atoms with Gasteiger partial charge in [-0.05, 0) is 0 Å². The van der Waals surface area contributed by atoms with Crippen molar-refractivity contribution in [3.63, 3.8) is 0 Å². The van der Waals surface area contributed by atoms with Gasteiger partial charge in [-0.15, -0.1) is 0 Å². The van der Waals surface area contributed by atoms with Crippen molar-refractivity contribution in [3.8, 4) is 11.5 Å². The van der Waals surface area contributed by atoms with Crippen LogP contribution >= 0.6 is 0 Å². The molecule has 7 nitrogen and oxygen atoms in total. The lowest BCUT2D eigenvalue weighted by molar-refractivity contribution is -0.387. The molecule has 0 aliphatic rings. The number of aromatic carboxylic acids is 1. The Balaban J connectivity index is 2.44. The molecule has 21 heavy (non-hydrogen) atoms. The number of ether oxygens (including phenoxy) is 1. The summed E-state index contributed by atoms with van der Waals surface area (Å²) in [6, 6.07) is 1.97. The van der Waals surface area contributed by atoms with Gasteiger partial charge in [-0.2, -0.15) is 4.39 Å². The lowest BCUT2D eigenvalue weighted by atomic mass is 10.2. The van der Waals surface area contributed by atoms with Crippen LogP contribution in [0, 0.1) is 21.7 Å². The Morgan fingerprint density at radius 3 is 2.62 bits per heavy atom. The van der Waals surface area contributed by atoms with E-state index >= 15 is 0 Å². The van der Waals surface area contributed by atoms with Crippen LogP contribution in [0.4, 0.5) is 14.5 Å². The van der Waals surface area contributed by atoms with Crippen molar-refractivity contribution >= 4 is 11.7 Å². The highest BCUT2D eigenvalue weighted by molar-refractivity contribution is 5.90. The molecule has 0 aliphatic heterocycles. The Kier molecular flexibility index (Phi) is 3.74. The number of carbonyl (C=O) groups is 1. The van der Waals surface area contributed by atoms with Crippen LogP contribution in [0.15, 0.2) is 30.6 Å². The van der Waals surface area contributed by atoms with Gasteiger partial charge in [0.1, 0.15) is 11.3 Å². The molecule has 0 bridgehead atoms. The third-order valence-electron chi connectivity index (χ3n) is 2.43. The zero-order valence-corrected chi connectivity index (χ0v) is 10.1. The first-order valence-corrected chi connectivity index (χ1v) is 5.38. The minimum atomic E-state index is -1.37. The number of carboxylic acids is 1. The van der Waals surface area contributed by atoms with Gasteiger partial charge in [0.2, 0.25) is 5.82 Å². The predicted octanol–water partition coefficient (Wildman–Crippen LogP) is 2.76. The molecule has 0 radical (unpaired) electrons. The van der Waals surface area contributed by atoms with Gasteiger partial charge < -0.3 is 9.84 Å². The number of halogens is 2.